The summed E-state index contributed by atoms with van der Waals surface area (Å²) in [5.41, 5.74) is 0.607. The van der Waals surface area contributed by atoms with Crippen LogP contribution < -0.4 is 4.72 Å². The predicted molar refractivity (Wildman–Crippen MR) is 84.2 cm³/mol. The van der Waals surface area contributed by atoms with Crippen molar-refractivity contribution in [3.8, 4) is 0 Å². The molecular weight excluding hydrogens is 294 g/mol. The highest BCUT2D eigenvalue weighted by Gasteiger charge is 2.32. The zero-order chi connectivity index (χ0) is 15.3. The van der Waals surface area contributed by atoms with Crippen LogP contribution in [-0.2, 0) is 16.2 Å². The lowest BCUT2D eigenvalue weighted by Crippen LogP contribution is -2.43. The van der Waals surface area contributed by atoms with Crippen molar-refractivity contribution in [2.75, 3.05) is 5.75 Å². The Bertz CT molecular complexity index is 443. The lowest BCUT2D eigenvalue weighted by Gasteiger charge is -2.26. The third-order valence-corrected chi connectivity index (χ3v) is 5.01. The molecule has 0 radical (unpaired) electrons. The van der Waals surface area contributed by atoms with Crippen LogP contribution in [0.3, 0.4) is 0 Å². The van der Waals surface area contributed by atoms with Gasteiger partial charge in [-0.15, -0.1) is 16.5 Å². The molecule has 0 aliphatic carbocycles. The minimum Gasteiger partial charge on any atom is -0.598 e. The Morgan fingerprint density at radius 1 is 1.40 bits per heavy atom. The van der Waals surface area contributed by atoms with Gasteiger partial charge in [-0.3, -0.25) is 0 Å². The third-order valence-electron chi connectivity index (χ3n) is 2.55. The number of hydrogen-bond donors (Lipinski definition) is 2. The molecule has 0 fully saturated rings. The third kappa shape index (κ3) is 5.01. The van der Waals surface area contributed by atoms with E-state index < -0.39 is 28.1 Å². The molecule has 2 atom stereocenters. The summed E-state index contributed by atoms with van der Waals surface area (Å²) in [5, 5.41) is 9.31. The lowest BCUT2D eigenvalue weighted by molar-refractivity contribution is -0.139. The molecule has 0 saturated carbocycles. The average Bonchev–Trinajstić information content (AvgIpc) is 2.35. The summed E-state index contributed by atoms with van der Waals surface area (Å²) in [6.45, 7) is 7.47. The summed E-state index contributed by atoms with van der Waals surface area (Å²) in [6, 6.07) is 6.35. The molecule has 2 N–H and O–H groups in total. The van der Waals surface area contributed by atoms with Crippen molar-refractivity contribution in [2.45, 2.75) is 43.4 Å². The Hall–Kier alpha value is -0.690. The van der Waals surface area contributed by atoms with Crippen LogP contribution >= 0.6 is 11.8 Å². The standard InChI is InChI=1S/C14H21NO3S2/c1-5-19-11-8-6-10(7-9-11)12(13(16)17)15-20(18)14(2,3)4/h6-9,12,15H,5H2,1-4H3,(H,16,17). The Morgan fingerprint density at radius 2 is 1.95 bits per heavy atom. The van der Waals surface area contributed by atoms with Crippen molar-refractivity contribution in [3.63, 3.8) is 0 Å². The summed E-state index contributed by atoms with van der Waals surface area (Å²) in [5.74, 6) is -0.0629. The maximum absolute atomic E-state index is 12.1. The summed E-state index contributed by atoms with van der Waals surface area (Å²) < 4.78 is 14.2. The van der Waals surface area contributed by atoms with Crippen LogP contribution in [0.25, 0.3) is 0 Å². The van der Waals surface area contributed by atoms with Crippen molar-refractivity contribution >= 4 is 29.1 Å². The highest BCUT2D eigenvalue weighted by Crippen LogP contribution is 2.23. The van der Waals surface area contributed by atoms with Gasteiger partial charge in [-0.1, -0.05) is 19.1 Å². The van der Waals surface area contributed by atoms with E-state index in [1.54, 1.807) is 44.7 Å². The van der Waals surface area contributed by atoms with E-state index in [1.807, 2.05) is 12.1 Å². The first-order valence-corrected chi connectivity index (χ1v) is 8.53. The van der Waals surface area contributed by atoms with E-state index in [0.29, 0.717) is 5.56 Å². The van der Waals surface area contributed by atoms with Crippen molar-refractivity contribution < 1.29 is 14.5 Å². The molecule has 20 heavy (non-hydrogen) atoms. The van der Waals surface area contributed by atoms with Gasteiger partial charge in [0.1, 0.15) is 4.75 Å². The number of rotatable bonds is 6. The van der Waals surface area contributed by atoms with Gasteiger partial charge in [-0.2, -0.15) is 0 Å². The van der Waals surface area contributed by atoms with Crippen molar-refractivity contribution in [3.05, 3.63) is 29.8 Å². The first-order chi connectivity index (χ1) is 9.25. The maximum atomic E-state index is 12.1. The van der Waals surface area contributed by atoms with Crippen LogP contribution in [-0.4, -0.2) is 26.1 Å². The second-order valence-corrected chi connectivity index (χ2v) is 8.61. The fourth-order valence-corrected chi connectivity index (χ4v) is 2.93. The summed E-state index contributed by atoms with van der Waals surface area (Å²) >= 11 is 0.261. The van der Waals surface area contributed by atoms with Gasteiger partial charge < -0.3 is 9.66 Å². The zero-order valence-corrected chi connectivity index (χ0v) is 13.8. The average molecular weight is 315 g/mol. The largest absolute Gasteiger partial charge is 0.598 e. The number of nitrogens with one attached hydrogen (secondary N) is 1. The van der Waals surface area contributed by atoms with E-state index >= 15 is 0 Å². The van der Waals surface area contributed by atoms with E-state index in [0.717, 1.165) is 10.6 Å². The molecule has 4 nitrogen and oxygen atoms in total. The van der Waals surface area contributed by atoms with E-state index in [-0.39, 0.29) is 0 Å². The molecule has 0 aliphatic rings. The number of benzene rings is 1. The summed E-state index contributed by atoms with van der Waals surface area (Å²) in [4.78, 5) is 12.5. The second kappa shape index (κ2) is 7.36. The number of aliphatic carboxylic acids is 1. The number of carbonyl (C=O) groups is 1. The quantitative estimate of drug-likeness (QED) is 0.624. The van der Waals surface area contributed by atoms with Crippen molar-refractivity contribution in [1.29, 1.82) is 0 Å². The molecule has 0 spiro atoms. The van der Waals surface area contributed by atoms with E-state index in [1.165, 1.54) is 0 Å². The molecule has 0 bridgehead atoms. The molecule has 1 rings (SSSR count). The molecule has 0 aliphatic heterocycles. The van der Waals surface area contributed by atoms with Gasteiger partial charge in [0.05, 0.1) is 0 Å². The SMILES string of the molecule is CCSc1ccc(C(N[S+]([O-])C(C)(C)C)C(=O)O)cc1. The number of thioether (sulfide) groups is 1. The molecule has 0 saturated heterocycles. The van der Waals surface area contributed by atoms with Crippen LogP contribution in [0.2, 0.25) is 0 Å². The fourth-order valence-electron chi connectivity index (χ4n) is 1.47. The van der Waals surface area contributed by atoms with E-state index in [9.17, 15) is 14.5 Å². The Kier molecular flexibility index (Phi) is 6.39. The van der Waals surface area contributed by atoms with Crippen molar-refractivity contribution in [2.24, 2.45) is 0 Å². The fraction of sp³-hybridized carbons (Fsp3) is 0.500. The number of carboxylic acid groups (broad SMARTS) is 1. The van der Waals surface area contributed by atoms with Crippen molar-refractivity contribution in [1.82, 2.24) is 4.72 Å². The second-order valence-electron chi connectivity index (χ2n) is 5.27. The molecule has 0 aromatic heterocycles. The molecule has 0 heterocycles. The van der Waals surface area contributed by atoms with Gasteiger partial charge in [0, 0.05) is 16.3 Å². The number of carboxylic acids is 1. The van der Waals surface area contributed by atoms with Gasteiger partial charge in [-0.25, -0.2) is 4.79 Å². The minimum atomic E-state index is -1.43. The maximum Gasteiger partial charge on any atom is 0.329 e. The van der Waals surface area contributed by atoms with Gasteiger partial charge in [0.25, 0.3) is 0 Å². The van der Waals surface area contributed by atoms with Crippen LogP contribution in [0.1, 0.15) is 39.3 Å². The highest BCUT2D eigenvalue weighted by molar-refractivity contribution is 7.99. The van der Waals surface area contributed by atoms with E-state index in [2.05, 4.69) is 11.6 Å². The van der Waals surface area contributed by atoms with Crippen LogP contribution in [0.15, 0.2) is 29.2 Å². The lowest BCUT2D eigenvalue weighted by atomic mass is 10.1. The van der Waals surface area contributed by atoms with Crippen LogP contribution in [0.5, 0.6) is 0 Å². The minimum absolute atomic E-state index is 0.508. The normalized spacial score (nSPS) is 14.8. The molecule has 0 amide bonds. The number of hydrogen-bond acceptors (Lipinski definition) is 4. The molecular formula is C14H21NO3S2. The molecule has 6 heteroatoms. The van der Waals surface area contributed by atoms with Gasteiger partial charge in [-0.05, 0) is 44.2 Å². The Labute approximate surface area is 127 Å². The first kappa shape index (κ1) is 17.4. The smallest absolute Gasteiger partial charge is 0.329 e. The zero-order valence-electron chi connectivity index (χ0n) is 12.2. The Balaban J connectivity index is 2.88. The van der Waals surface area contributed by atoms with Crippen LogP contribution in [0.4, 0.5) is 0 Å². The monoisotopic (exact) mass is 315 g/mol. The Morgan fingerprint density at radius 3 is 2.35 bits per heavy atom. The highest BCUT2D eigenvalue weighted by atomic mass is 32.2. The molecule has 112 valence electrons. The molecule has 1 aromatic rings. The molecule has 2 unspecified atom stereocenters. The van der Waals surface area contributed by atoms with Gasteiger partial charge >= 0.3 is 5.97 Å². The predicted octanol–water partition coefficient (Wildman–Crippen LogP) is 2.98. The van der Waals surface area contributed by atoms with Gasteiger partial charge in [0.2, 0.25) is 0 Å². The van der Waals surface area contributed by atoms with Crippen LogP contribution in [0, 0.1) is 0 Å². The van der Waals surface area contributed by atoms with E-state index in [4.69, 9.17) is 0 Å². The topological polar surface area (TPSA) is 72.4 Å². The summed E-state index contributed by atoms with van der Waals surface area (Å²) in [7, 11) is 0. The van der Waals surface area contributed by atoms with Gasteiger partial charge in [0.15, 0.2) is 6.04 Å². The molecule has 1 aromatic carbocycles. The summed E-state index contributed by atoms with van der Waals surface area (Å²) in [6.07, 6.45) is 0. The first-order valence-electron chi connectivity index (χ1n) is 6.39.